The van der Waals surface area contributed by atoms with Crippen LogP contribution >= 0.6 is 0 Å². The average Bonchev–Trinajstić information content (AvgIpc) is 2.40. The van der Waals surface area contributed by atoms with Crippen LogP contribution in [0.1, 0.15) is 5.56 Å². The van der Waals surface area contributed by atoms with Crippen LogP contribution in [0.2, 0.25) is 0 Å². The smallest absolute Gasteiger partial charge is 0.261 e. The Bertz CT molecular complexity index is 686. The summed E-state index contributed by atoms with van der Waals surface area (Å²) in [4.78, 5) is 0.179. The second-order valence-corrected chi connectivity index (χ2v) is 5.63. The van der Waals surface area contributed by atoms with Gasteiger partial charge >= 0.3 is 0 Å². The molecule has 0 saturated heterocycles. The van der Waals surface area contributed by atoms with E-state index in [4.69, 9.17) is 5.26 Å². The molecule has 0 heterocycles. The van der Waals surface area contributed by atoms with Crippen molar-refractivity contribution in [3.63, 3.8) is 0 Å². The number of sulfonamides is 1. The lowest BCUT2D eigenvalue weighted by Crippen LogP contribution is -2.12. The molecule has 0 unspecified atom stereocenters. The minimum Gasteiger partial charge on any atom is -0.280 e. The van der Waals surface area contributed by atoms with E-state index in [0.717, 1.165) is 5.56 Å². The first kappa shape index (κ1) is 13.1. The fourth-order valence-electron chi connectivity index (χ4n) is 1.60. The van der Waals surface area contributed by atoms with E-state index in [0.29, 0.717) is 5.69 Å². The van der Waals surface area contributed by atoms with Crippen LogP contribution in [0.5, 0.6) is 0 Å². The lowest BCUT2D eigenvalue weighted by atomic mass is 10.2. The van der Waals surface area contributed by atoms with Gasteiger partial charge in [-0.15, -0.1) is 0 Å². The molecule has 0 aliphatic carbocycles. The van der Waals surface area contributed by atoms with E-state index in [9.17, 15) is 8.42 Å². The van der Waals surface area contributed by atoms with Crippen LogP contribution < -0.4 is 4.72 Å². The second kappa shape index (κ2) is 5.55. The SMILES string of the molecule is N#CCc1ccc(S(=O)(=O)Nc2ccccc2)cc1. The zero-order valence-corrected chi connectivity index (χ0v) is 10.9. The molecule has 4 nitrogen and oxygen atoms in total. The summed E-state index contributed by atoms with van der Waals surface area (Å²) in [6.45, 7) is 0. The Morgan fingerprint density at radius 3 is 2.21 bits per heavy atom. The molecule has 5 heteroatoms. The number of benzene rings is 2. The van der Waals surface area contributed by atoms with Gasteiger partial charge in [-0.2, -0.15) is 5.26 Å². The van der Waals surface area contributed by atoms with Gasteiger partial charge < -0.3 is 0 Å². The van der Waals surface area contributed by atoms with E-state index in [1.807, 2.05) is 12.1 Å². The summed E-state index contributed by atoms with van der Waals surface area (Å²) < 4.78 is 26.7. The number of nitrogens with zero attached hydrogens (tertiary/aromatic N) is 1. The van der Waals surface area contributed by atoms with Gasteiger partial charge in [0.2, 0.25) is 0 Å². The topological polar surface area (TPSA) is 70.0 Å². The summed E-state index contributed by atoms with van der Waals surface area (Å²) in [5, 5.41) is 8.56. The van der Waals surface area contributed by atoms with Crippen molar-refractivity contribution in [3.8, 4) is 6.07 Å². The van der Waals surface area contributed by atoms with Crippen molar-refractivity contribution in [2.75, 3.05) is 4.72 Å². The summed E-state index contributed by atoms with van der Waals surface area (Å²) in [6.07, 6.45) is 0.270. The van der Waals surface area contributed by atoms with Gasteiger partial charge in [0.05, 0.1) is 17.4 Å². The summed E-state index contributed by atoms with van der Waals surface area (Å²) >= 11 is 0. The predicted molar refractivity (Wildman–Crippen MR) is 73.0 cm³/mol. The number of nitrogens with one attached hydrogen (secondary N) is 1. The van der Waals surface area contributed by atoms with Crippen molar-refractivity contribution in [1.29, 1.82) is 5.26 Å². The molecule has 0 aliphatic rings. The highest BCUT2D eigenvalue weighted by Crippen LogP contribution is 2.16. The molecule has 1 N–H and O–H groups in total. The molecule has 0 fully saturated rings. The van der Waals surface area contributed by atoms with Crippen LogP contribution in [0, 0.1) is 11.3 Å². The van der Waals surface area contributed by atoms with Crippen molar-refractivity contribution in [1.82, 2.24) is 0 Å². The molecule has 0 spiro atoms. The maximum Gasteiger partial charge on any atom is 0.261 e. The Kier molecular flexibility index (Phi) is 3.83. The van der Waals surface area contributed by atoms with Crippen LogP contribution in [-0.4, -0.2) is 8.42 Å². The maximum atomic E-state index is 12.1. The number of hydrogen-bond donors (Lipinski definition) is 1. The fourth-order valence-corrected chi connectivity index (χ4v) is 2.66. The van der Waals surface area contributed by atoms with Crippen molar-refractivity contribution < 1.29 is 8.42 Å². The molecule has 0 atom stereocenters. The molecule has 2 aromatic rings. The lowest BCUT2D eigenvalue weighted by Gasteiger charge is -2.08. The molecule has 96 valence electrons. The Balaban J connectivity index is 2.23. The van der Waals surface area contributed by atoms with Crippen molar-refractivity contribution >= 4 is 15.7 Å². The zero-order valence-electron chi connectivity index (χ0n) is 10.1. The number of nitriles is 1. The van der Waals surface area contributed by atoms with Gasteiger partial charge in [-0.05, 0) is 29.8 Å². The fraction of sp³-hybridized carbons (Fsp3) is 0.0714. The minimum absolute atomic E-state index is 0.179. The third-order valence-electron chi connectivity index (χ3n) is 2.54. The highest BCUT2D eigenvalue weighted by Gasteiger charge is 2.13. The van der Waals surface area contributed by atoms with Gasteiger partial charge in [-0.1, -0.05) is 30.3 Å². The summed E-state index contributed by atoms with van der Waals surface area (Å²) in [5.74, 6) is 0. The van der Waals surface area contributed by atoms with Crippen molar-refractivity contribution in [2.24, 2.45) is 0 Å². The number of anilines is 1. The molecule has 0 bridgehead atoms. The highest BCUT2D eigenvalue weighted by atomic mass is 32.2. The Labute approximate surface area is 112 Å². The van der Waals surface area contributed by atoms with E-state index in [2.05, 4.69) is 4.72 Å². The number of hydrogen-bond acceptors (Lipinski definition) is 3. The normalized spacial score (nSPS) is 10.7. The Hall–Kier alpha value is -2.32. The molecule has 0 aliphatic heterocycles. The average molecular weight is 272 g/mol. The van der Waals surface area contributed by atoms with Crippen molar-refractivity contribution in [3.05, 3.63) is 60.2 Å². The Morgan fingerprint density at radius 1 is 1.00 bits per heavy atom. The van der Waals surface area contributed by atoms with Crippen LogP contribution in [0.15, 0.2) is 59.5 Å². The first-order valence-electron chi connectivity index (χ1n) is 5.65. The quantitative estimate of drug-likeness (QED) is 0.929. The summed E-state index contributed by atoms with van der Waals surface area (Å²) in [5.41, 5.74) is 1.31. The van der Waals surface area contributed by atoms with Gasteiger partial charge in [-0.25, -0.2) is 8.42 Å². The zero-order chi connectivity index (χ0) is 13.7. The standard InChI is InChI=1S/C14H12N2O2S/c15-11-10-12-6-8-14(9-7-12)19(17,18)16-13-4-2-1-3-5-13/h1-9,16H,10H2. The number of rotatable bonds is 4. The monoisotopic (exact) mass is 272 g/mol. The van der Waals surface area contributed by atoms with Crippen LogP contribution in [0.3, 0.4) is 0 Å². The summed E-state index contributed by atoms with van der Waals surface area (Å²) in [6, 6.07) is 17.0. The Morgan fingerprint density at radius 2 is 1.63 bits per heavy atom. The predicted octanol–water partition coefficient (Wildman–Crippen LogP) is 2.55. The third-order valence-corrected chi connectivity index (χ3v) is 3.94. The number of para-hydroxylation sites is 1. The molecule has 0 aromatic heterocycles. The largest absolute Gasteiger partial charge is 0.280 e. The van der Waals surface area contributed by atoms with Gasteiger partial charge in [0.1, 0.15) is 0 Å². The third kappa shape index (κ3) is 3.33. The first-order chi connectivity index (χ1) is 9.12. The lowest BCUT2D eigenvalue weighted by molar-refractivity contribution is 0.601. The van der Waals surface area contributed by atoms with Crippen molar-refractivity contribution in [2.45, 2.75) is 11.3 Å². The summed E-state index contributed by atoms with van der Waals surface area (Å²) in [7, 11) is -3.58. The van der Waals surface area contributed by atoms with Gasteiger partial charge in [0.25, 0.3) is 10.0 Å². The first-order valence-corrected chi connectivity index (χ1v) is 7.14. The molecular formula is C14H12N2O2S. The van der Waals surface area contributed by atoms with E-state index in [1.54, 1.807) is 36.4 Å². The van der Waals surface area contributed by atoms with E-state index in [-0.39, 0.29) is 11.3 Å². The molecule has 2 rings (SSSR count). The van der Waals surface area contributed by atoms with Crippen LogP contribution in [-0.2, 0) is 16.4 Å². The van der Waals surface area contributed by atoms with Gasteiger partial charge in [0.15, 0.2) is 0 Å². The molecule has 2 aromatic carbocycles. The maximum absolute atomic E-state index is 12.1. The molecule has 19 heavy (non-hydrogen) atoms. The van der Waals surface area contributed by atoms with E-state index >= 15 is 0 Å². The van der Waals surface area contributed by atoms with Gasteiger partial charge in [0, 0.05) is 5.69 Å². The van der Waals surface area contributed by atoms with E-state index < -0.39 is 10.0 Å². The van der Waals surface area contributed by atoms with Gasteiger partial charge in [-0.3, -0.25) is 4.72 Å². The van der Waals surface area contributed by atoms with E-state index in [1.165, 1.54) is 12.1 Å². The highest BCUT2D eigenvalue weighted by molar-refractivity contribution is 7.92. The van der Waals surface area contributed by atoms with Crippen LogP contribution in [0.4, 0.5) is 5.69 Å². The van der Waals surface area contributed by atoms with Crippen LogP contribution in [0.25, 0.3) is 0 Å². The molecule has 0 radical (unpaired) electrons. The second-order valence-electron chi connectivity index (χ2n) is 3.95. The molecular weight excluding hydrogens is 260 g/mol. The molecule has 0 saturated carbocycles. The molecule has 0 amide bonds. The minimum atomic E-state index is -3.58.